The molecule has 0 spiro atoms. The van der Waals surface area contributed by atoms with Gasteiger partial charge in [-0.2, -0.15) is 0 Å². The molecule has 254 valence electrons. The van der Waals surface area contributed by atoms with Gasteiger partial charge in [-0.05, 0) is 25.7 Å². The first-order valence-electron chi connectivity index (χ1n) is 18.4. The first-order chi connectivity index (χ1) is 20.9. The van der Waals surface area contributed by atoms with E-state index in [-0.39, 0.29) is 36.8 Å². The molecule has 0 heterocycles. The Hall–Kier alpha value is -1.59. The van der Waals surface area contributed by atoms with Crippen LogP contribution in [0.3, 0.4) is 0 Å². The summed E-state index contributed by atoms with van der Waals surface area (Å²) in [6.07, 6.45) is 25.4. The lowest BCUT2D eigenvalue weighted by Crippen LogP contribution is -2.32. The van der Waals surface area contributed by atoms with Crippen LogP contribution in [0.2, 0.25) is 0 Å². The van der Waals surface area contributed by atoms with Gasteiger partial charge in [-0.25, -0.2) is 0 Å². The van der Waals surface area contributed by atoms with Crippen LogP contribution in [0.5, 0.6) is 0 Å². The highest BCUT2D eigenvalue weighted by Gasteiger charge is 2.27. The van der Waals surface area contributed by atoms with E-state index in [0.717, 1.165) is 96.3 Å². The molecule has 3 unspecified atom stereocenters. The molecule has 0 aromatic rings. The fraction of sp³-hybridized carbons (Fsp3) is 0.919. The third-order valence-corrected chi connectivity index (χ3v) is 8.61. The Bertz CT molecular complexity index is 663. The highest BCUT2D eigenvalue weighted by Crippen LogP contribution is 2.23. The monoisotopic (exact) mass is 611 g/mol. The summed E-state index contributed by atoms with van der Waals surface area (Å²) in [4.78, 5) is 38.8. The van der Waals surface area contributed by atoms with Gasteiger partial charge < -0.3 is 14.2 Å². The van der Waals surface area contributed by atoms with Crippen LogP contribution in [0.25, 0.3) is 0 Å². The third kappa shape index (κ3) is 24.4. The minimum Gasteiger partial charge on any atom is -0.469 e. The standard InChI is InChI=1S/C37H70O6/c1-6-10-14-18-20-24-27-32(26-22-16-12-8-3)36(39)42-31-34(30-35(38)41-5)43-37(40)33(28-23-17-13-9-4)29-25-21-19-15-11-7-2/h32-34H,6-31H2,1-5H3. The average Bonchev–Trinajstić information content (AvgIpc) is 3.00. The smallest absolute Gasteiger partial charge is 0.309 e. The van der Waals surface area contributed by atoms with Crippen LogP contribution >= 0.6 is 0 Å². The SMILES string of the molecule is CCCCCCCCC(CCCCCC)C(=O)OCC(CC(=O)OC)OC(=O)C(CCCCCC)CCCCCCCC. The Morgan fingerprint density at radius 1 is 0.488 bits per heavy atom. The summed E-state index contributed by atoms with van der Waals surface area (Å²) in [7, 11) is 1.33. The molecule has 6 nitrogen and oxygen atoms in total. The second kappa shape index (κ2) is 30.4. The largest absolute Gasteiger partial charge is 0.469 e. The van der Waals surface area contributed by atoms with Gasteiger partial charge in [0, 0.05) is 0 Å². The Morgan fingerprint density at radius 3 is 1.23 bits per heavy atom. The predicted octanol–water partition coefficient (Wildman–Crippen LogP) is 10.7. The molecule has 0 bridgehead atoms. The van der Waals surface area contributed by atoms with Crippen molar-refractivity contribution in [3.63, 3.8) is 0 Å². The molecule has 0 aliphatic heterocycles. The summed E-state index contributed by atoms with van der Waals surface area (Å²) in [5, 5.41) is 0. The zero-order valence-electron chi connectivity index (χ0n) is 29.1. The van der Waals surface area contributed by atoms with Gasteiger partial charge in [0.15, 0.2) is 0 Å². The molecule has 0 fully saturated rings. The lowest BCUT2D eigenvalue weighted by atomic mass is 9.94. The first-order valence-corrected chi connectivity index (χ1v) is 18.4. The molecule has 0 radical (unpaired) electrons. The topological polar surface area (TPSA) is 78.9 Å². The normalized spacial score (nSPS) is 13.3. The summed E-state index contributed by atoms with van der Waals surface area (Å²) in [5.41, 5.74) is 0. The van der Waals surface area contributed by atoms with Crippen molar-refractivity contribution in [1.82, 2.24) is 0 Å². The fourth-order valence-electron chi connectivity index (χ4n) is 5.69. The summed E-state index contributed by atoms with van der Waals surface area (Å²) in [6, 6.07) is 0. The van der Waals surface area contributed by atoms with Gasteiger partial charge in [0.1, 0.15) is 12.7 Å². The van der Waals surface area contributed by atoms with E-state index in [4.69, 9.17) is 14.2 Å². The van der Waals surface area contributed by atoms with E-state index in [1.807, 2.05) is 0 Å². The molecule has 0 rings (SSSR count). The van der Waals surface area contributed by atoms with Crippen LogP contribution in [0.15, 0.2) is 0 Å². The molecule has 0 amide bonds. The van der Waals surface area contributed by atoms with Crippen molar-refractivity contribution >= 4 is 17.9 Å². The minimum atomic E-state index is -0.818. The van der Waals surface area contributed by atoms with Gasteiger partial charge in [0.25, 0.3) is 0 Å². The van der Waals surface area contributed by atoms with Gasteiger partial charge in [0.2, 0.25) is 0 Å². The number of methoxy groups -OCH3 is 1. The highest BCUT2D eigenvalue weighted by atomic mass is 16.6. The maximum Gasteiger partial charge on any atom is 0.309 e. The van der Waals surface area contributed by atoms with Crippen LogP contribution in [0.4, 0.5) is 0 Å². The van der Waals surface area contributed by atoms with E-state index in [2.05, 4.69) is 27.7 Å². The van der Waals surface area contributed by atoms with E-state index in [1.165, 1.54) is 64.9 Å². The number of ether oxygens (including phenoxy) is 3. The minimum absolute atomic E-state index is 0.0960. The van der Waals surface area contributed by atoms with Crippen molar-refractivity contribution in [1.29, 1.82) is 0 Å². The average molecular weight is 611 g/mol. The number of esters is 3. The number of carbonyl (C=O) groups excluding carboxylic acids is 3. The van der Waals surface area contributed by atoms with Gasteiger partial charge in [0.05, 0.1) is 25.4 Å². The van der Waals surface area contributed by atoms with Crippen molar-refractivity contribution in [3.8, 4) is 0 Å². The molecule has 43 heavy (non-hydrogen) atoms. The van der Waals surface area contributed by atoms with Crippen LogP contribution in [0, 0.1) is 11.8 Å². The summed E-state index contributed by atoms with van der Waals surface area (Å²) < 4.78 is 16.5. The number of hydrogen-bond donors (Lipinski definition) is 0. The molecule has 0 saturated carbocycles. The molecule has 0 N–H and O–H groups in total. The van der Waals surface area contributed by atoms with Crippen molar-refractivity contribution < 1.29 is 28.6 Å². The molecule has 0 saturated heterocycles. The Kier molecular flexibility index (Phi) is 29.3. The van der Waals surface area contributed by atoms with E-state index in [9.17, 15) is 14.4 Å². The fourth-order valence-corrected chi connectivity index (χ4v) is 5.69. The van der Waals surface area contributed by atoms with Crippen LogP contribution in [0.1, 0.15) is 188 Å². The van der Waals surface area contributed by atoms with Gasteiger partial charge in [-0.3, -0.25) is 14.4 Å². The summed E-state index contributed by atoms with van der Waals surface area (Å²) >= 11 is 0. The molecule has 0 aliphatic rings. The molecular weight excluding hydrogens is 540 g/mol. The molecule has 3 atom stereocenters. The number of rotatable bonds is 31. The Morgan fingerprint density at radius 2 is 0.837 bits per heavy atom. The zero-order chi connectivity index (χ0) is 32.0. The van der Waals surface area contributed by atoms with E-state index >= 15 is 0 Å². The maximum absolute atomic E-state index is 13.4. The number of unbranched alkanes of at least 4 members (excludes halogenated alkanes) is 16. The first kappa shape index (κ1) is 41.4. The van der Waals surface area contributed by atoms with E-state index < -0.39 is 12.1 Å². The molecule has 0 aromatic carbocycles. The number of hydrogen-bond acceptors (Lipinski definition) is 6. The van der Waals surface area contributed by atoms with Gasteiger partial charge in [-0.15, -0.1) is 0 Å². The lowest BCUT2D eigenvalue weighted by Gasteiger charge is -2.23. The molecule has 0 aromatic heterocycles. The van der Waals surface area contributed by atoms with Crippen molar-refractivity contribution in [2.75, 3.05) is 13.7 Å². The maximum atomic E-state index is 13.4. The van der Waals surface area contributed by atoms with E-state index in [1.54, 1.807) is 0 Å². The van der Waals surface area contributed by atoms with Crippen molar-refractivity contribution in [2.45, 2.75) is 194 Å². The predicted molar refractivity (Wildman–Crippen MR) is 178 cm³/mol. The second-order valence-electron chi connectivity index (χ2n) is 12.7. The van der Waals surface area contributed by atoms with E-state index in [0.29, 0.717) is 0 Å². The third-order valence-electron chi connectivity index (χ3n) is 8.61. The highest BCUT2D eigenvalue weighted by molar-refractivity contribution is 5.75. The second-order valence-corrected chi connectivity index (χ2v) is 12.7. The van der Waals surface area contributed by atoms with Crippen molar-refractivity contribution in [2.24, 2.45) is 11.8 Å². The quantitative estimate of drug-likeness (QED) is 0.0441. The van der Waals surface area contributed by atoms with Crippen LogP contribution in [-0.4, -0.2) is 37.7 Å². The molecular formula is C37H70O6. The van der Waals surface area contributed by atoms with Crippen molar-refractivity contribution in [3.05, 3.63) is 0 Å². The Balaban J connectivity index is 5.20. The molecule has 6 heteroatoms. The lowest BCUT2D eigenvalue weighted by molar-refractivity contribution is -0.168. The molecule has 0 aliphatic carbocycles. The van der Waals surface area contributed by atoms with Crippen LogP contribution < -0.4 is 0 Å². The number of carbonyl (C=O) groups is 3. The summed E-state index contributed by atoms with van der Waals surface area (Å²) in [5.74, 6) is -1.28. The van der Waals surface area contributed by atoms with Gasteiger partial charge >= 0.3 is 17.9 Å². The zero-order valence-corrected chi connectivity index (χ0v) is 29.1. The van der Waals surface area contributed by atoms with Gasteiger partial charge in [-0.1, -0.05) is 156 Å². The van der Waals surface area contributed by atoms with Crippen LogP contribution in [-0.2, 0) is 28.6 Å². The summed E-state index contributed by atoms with van der Waals surface area (Å²) in [6.45, 7) is 8.71. The Labute approximate surface area is 266 Å².